The smallest absolute Gasteiger partial charge is 0.234 e. The number of rotatable bonds is 8. The van der Waals surface area contributed by atoms with Crippen molar-refractivity contribution in [3.8, 4) is 0 Å². The third kappa shape index (κ3) is 5.97. The van der Waals surface area contributed by atoms with E-state index in [4.69, 9.17) is 5.73 Å². The van der Waals surface area contributed by atoms with E-state index in [0.717, 1.165) is 12.8 Å². The van der Waals surface area contributed by atoms with Gasteiger partial charge in [-0.25, -0.2) is 0 Å². The van der Waals surface area contributed by atoms with E-state index in [1.165, 1.54) is 19.3 Å². The van der Waals surface area contributed by atoms with Crippen molar-refractivity contribution < 1.29 is 4.79 Å². The van der Waals surface area contributed by atoms with Gasteiger partial charge in [-0.05, 0) is 19.8 Å². The molecule has 3 heteroatoms. The van der Waals surface area contributed by atoms with Gasteiger partial charge in [-0.1, -0.05) is 33.1 Å². The molecule has 0 aliphatic rings. The van der Waals surface area contributed by atoms with Crippen LogP contribution in [-0.2, 0) is 4.79 Å². The molecule has 1 amide bonds. The zero-order valence-corrected chi connectivity index (χ0v) is 9.68. The molecule has 3 nitrogen and oxygen atoms in total. The maximum atomic E-state index is 11.0. The standard InChI is InChI=1S/C11H24N2O/c1-4-6-7-8-9(3)13-10(5-2)11(12)14/h9-10,13H,4-8H2,1-3H3,(H2,12,14). The molecule has 0 radical (unpaired) electrons. The van der Waals surface area contributed by atoms with E-state index >= 15 is 0 Å². The number of carbonyl (C=O) groups excluding carboxylic acids is 1. The van der Waals surface area contributed by atoms with Gasteiger partial charge in [0.1, 0.15) is 0 Å². The second kappa shape index (κ2) is 7.80. The quantitative estimate of drug-likeness (QED) is 0.587. The Hall–Kier alpha value is -0.570. The molecule has 2 unspecified atom stereocenters. The van der Waals surface area contributed by atoms with Crippen LogP contribution in [0.1, 0.15) is 52.9 Å². The first-order valence-electron chi connectivity index (χ1n) is 5.67. The second-order valence-electron chi connectivity index (χ2n) is 3.93. The van der Waals surface area contributed by atoms with Crippen molar-refractivity contribution in [3.05, 3.63) is 0 Å². The van der Waals surface area contributed by atoms with E-state index < -0.39 is 0 Å². The van der Waals surface area contributed by atoms with Gasteiger partial charge in [-0.3, -0.25) is 4.79 Å². The largest absolute Gasteiger partial charge is 0.368 e. The number of amides is 1. The van der Waals surface area contributed by atoms with Crippen LogP contribution < -0.4 is 11.1 Å². The molecule has 0 bridgehead atoms. The Balaban J connectivity index is 3.67. The van der Waals surface area contributed by atoms with Crippen molar-refractivity contribution in [2.45, 2.75) is 65.0 Å². The Morgan fingerprint density at radius 1 is 1.36 bits per heavy atom. The maximum absolute atomic E-state index is 11.0. The summed E-state index contributed by atoms with van der Waals surface area (Å²) in [5.41, 5.74) is 5.25. The average Bonchev–Trinajstić information content (AvgIpc) is 2.14. The van der Waals surface area contributed by atoms with Crippen LogP contribution in [0.4, 0.5) is 0 Å². The van der Waals surface area contributed by atoms with Crippen LogP contribution >= 0.6 is 0 Å². The zero-order valence-electron chi connectivity index (χ0n) is 9.68. The maximum Gasteiger partial charge on any atom is 0.234 e. The van der Waals surface area contributed by atoms with Crippen molar-refractivity contribution >= 4 is 5.91 Å². The summed E-state index contributed by atoms with van der Waals surface area (Å²) in [6.07, 6.45) is 5.62. The Bertz CT molecular complexity index is 159. The van der Waals surface area contributed by atoms with E-state index in [1.54, 1.807) is 0 Å². The molecule has 84 valence electrons. The lowest BCUT2D eigenvalue weighted by Gasteiger charge is -2.19. The molecule has 3 N–H and O–H groups in total. The van der Waals surface area contributed by atoms with Gasteiger partial charge in [0, 0.05) is 6.04 Å². The number of hydrogen-bond donors (Lipinski definition) is 2. The summed E-state index contributed by atoms with van der Waals surface area (Å²) < 4.78 is 0. The molecule has 0 aliphatic carbocycles. The lowest BCUT2D eigenvalue weighted by atomic mass is 10.1. The molecule has 0 aromatic heterocycles. The minimum atomic E-state index is -0.241. The first-order valence-corrected chi connectivity index (χ1v) is 5.67. The summed E-state index contributed by atoms with van der Waals surface area (Å²) in [7, 11) is 0. The molecule has 14 heavy (non-hydrogen) atoms. The molecule has 0 heterocycles. The van der Waals surface area contributed by atoms with Gasteiger partial charge >= 0.3 is 0 Å². The Morgan fingerprint density at radius 3 is 2.43 bits per heavy atom. The molecule has 0 saturated heterocycles. The minimum Gasteiger partial charge on any atom is -0.368 e. The van der Waals surface area contributed by atoms with Crippen molar-refractivity contribution in [2.75, 3.05) is 0 Å². The molecular weight excluding hydrogens is 176 g/mol. The molecule has 0 fully saturated rings. The predicted octanol–water partition coefficient (Wildman–Crippen LogP) is 1.81. The van der Waals surface area contributed by atoms with Crippen molar-refractivity contribution in [1.29, 1.82) is 0 Å². The monoisotopic (exact) mass is 200 g/mol. The van der Waals surface area contributed by atoms with Gasteiger partial charge < -0.3 is 11.1 Å². The number of carbonyl (C=O) groups is 1. The summed E-state index contributed by atoms with van der Waals surface area (Å²) in [6.45, 7) is 6.28. The van der Waals surface area contributed by atoms with E-state index in [-0.39, 0.29) is 11.9 Å². The van der Waals surface area contributed by atoms with Crippen molar-refractivity contribution in [2.24, 2.45) is 5.73 Å². The van der Waals surface area contributed by atoms with Crippen LogP contribution in [0.25, 0.3) is 0 Å². The number of primary amides is 1. The van der Waals surface area contributed by atoms with Crippen LogP contribution in [0.5, 0.6) is 0 Å². The molecule has 0 saturated carbocycles. The molecule has 2 atom stereocenters. The summed E-state index contributed by atoms with van der Waals surface area (Å²) in [5.74, 6) is -0.241. The fourth-order valence-corrected chi connectivity index (χ4v) is 1.53. The van der Waals surface area contributed by atoms with E-state index in [1.807, 2.05) is 6.92 Å². The number of hydrogen-bond acceptors (Lipinski definition) is 2. The van der Waals surface area contributed by atoms with Crippen LogP contribution in [0.2, 0.25) is 0 Å². The molecule has 0 spiro atoms. The minimum absolute atomic E-state index is 0.161. The fraction of sp³-hybridized carbons (Fsp3) is 0.909. The van der Waals surface area contributed by atoms with E-state index in [2.05, 4.69) is 19.2 Å². The van der Waals surface area contributed by atoms with Gasteiger partial charge in [0.25, 0.3) is 0 Å². The fourth-order valence-electron chi connectivity index (χ4n) is 1.53. The van der Waals surface area contributed by atoms with Crippen LogP contribution in [0.3, 0.4) is 0 Å². The summed E-state index contributed by atoms with van der Waals surface area (Å²) in [6, 6.07) is 0.227. The number of nitrogens with one attached hydrogen (secondary N) is 1. The Morgan fingerprint density at radius 2 is 2.00 bits per heavy atom. The third-order valence-electron chi connectivity index (χ3n) is 2.48. The van der Waals surface area contributed by atoms with E-state index in [0.29, 0.717) is 6.04 Å². The first-order chi connectivity index (χ1) is 6.61. The van der Waals surface area contributed by atoms with Crippen molar-refractivity contribution in [3.63, 3.8) is 0 Å². The Labute approximate surface area is 87.4 Å². The van der Waals surface area contributed by atoms with Gasteiger partial charge in [0.05, 0.1) is 6.04 Å². The highest BCUT2D eigenvalue weighted by atomic mass is 16.1. The van der Waals surface area contributed by atoms with Crippen LogP contribution in [-0.4, -0.2) is 18.0 Å². The lowest BCUT2D eigenvalue weighted by molar-refractivity contribution is -0.120. The summed E-state index contributed by atoms with van der Waals surface area (Å²) in [4.78, 5) is 11.0. The molecule has 0 aromatic rings. The summed E-state index contributed by atoms with van der Waals surface area (Å²) >= 11 is 0. The molecule has 0 aromatic carbocycles. The van der Waals surface area contributed by atoms with E-state index in [9.17, 15) is 4.79 Å². The molecular formula is C11H24N2O. The highest BCUT2D eigenvalue weighted by Crippen LogP contribution is 2.04. The zero-order chi connectivity index (χ0) is 11.0. The normalized spacial score (nSPS) is 15.1. The number of nitrogens with two attached hydrogens (primary N) is 1. The Kier molecular flexibility index (Phi) is 7.48. The lowest BCUT2D eigenvalue weighted by Crippen LogP contribution is -2.44. The third-order valence-corrected chi connectivity index (χ3v) is 2.48. The first kappa shape index (κ1) is 13.4. The van der Waals surface area contributed by atoms with Crippen molar-refractivity contribution in [1.82, 2.24) is 5.32 Å². The molecule has 0 aliphatic heterocycles. The van der Waals surface area contributed by atoms with Gasteiger partial charge in [0.15, 0.2) is 0 Å². The van der Waals surface area contributed by atoms with Gasteiger partial charge in [-0.15, -0.1) is 0 Å². The van der Waals surface area contributed by atoms with Gasteiger partial charge in [-0.2, -0.15) is 0 Å². The van der Waals surface area contributed by atoms with Gasteiger partial charge in [0.2, 0.25) is 5.91 Å². The predicted molar refractivity (Wildman–Crippen MR) is 60.0 cm³/mol. The number of unbranched alkanes of at least 4 members (excludes halogenated alkanes) is 2. The summed E-state index contributed by atoms with van der Waals surface area (Å²) in [5, 5.41) is 3.25. The SMILES string of the molecule is CCCCCC(C)NC(CC)C(N)=O. The van der Waals surface area contributed by atoms with Crippen LogP contribution in [0, 0.1) is 0 Å². The van der Waals surface area contributed by atoms with Crippen LogP contribution in [0.15, 0.2) is 0 Å². The topological polar surface area (TPSA) is 55.1 Å². The highest BCUT2D eigenvalue weighted by molar-refractivity contribution is 5.79. The average molecular weight is 200 g/mol. The highest BCUT2D eigenvalue weighted by Gasteiger charge is 2.14. The second-order valence-corrected chi connectivity index (χ2v) is 3.93. The molecule has 0 rings (SSSR count).